The molecule has 1 amide bonds. The number of benzene rings is 1. The second kappa shape index (κ2) is 10.2. The predicted molar refractivity (Wildman–Crippen MR) is 121 cm³/mol. The first-order chi connectivity index (χ1) is 14.0. The number of anilines is 1. The fourth-order valence-electron chi connectivity index (χ4n) is 4.47. The van der Waals surface area contributed by atoms with Crippen molar-refractivity contribution in [3.05, 3.63) is 28.8 Å². The van der Waals surface area contributed by atoms with Crippen LogP contribution < -0.4 is 16.0 Å². The van der Waals surface area contributed by atoms with Crippen molar-refractivity contribution in [2.75, 3.05) is 44.2 Å². The van der Waals surface area contributed by atoms with E-state index in [0.717, 1.165) is 69.5 Å². The number of likely N-dealkylation sites (tertiary alicyclic amines) is 1. The van der Waals surface area contributed by atoms with E-state index in [1.165, 1.54) is 11.3 Å². The van der Waals surface area contributed by atoms with Crippen LogP contribution in [0.15, 0.2) is 23.2 Å². The number of hydrogen-bond acceptors (Lipinski definition) is 3. The lowest BCUT2D eigenvalue weighted by Gasteiger charge is -2.34. The van der Waals surface area contributed by atoms with Gasteiger partial charge in [-0.2, -0.15) is 0 Å². The highest BCUT2D eigenvalue weighted by Gasteiger charge is 2.26. The standard InChI is InChI=1S/C22H34ClN5O/c1-3-25-22(28-9-4-5-17(14-28)11-21(24)29)26-13-18-8-10-27(15-18)20-12-19(23)7-6-16(20)2/h6-7,12,17-18H,3-5,8-11,13-15H2,1-2H3,(H2,24,29)(H,25,26). The molecule has 160 valence electrons. The summed E-state index contributed by atoms with van der Waals surface area (Å²) in [5.41, 5.74) is 7.91. The number of nitrogens with one attached hydrogen (secondary N) is 1. The van der Waals surface area contributed by atoms with Crippen molar-refractivity contribution in [1.82, 2.24) is 10.2 Å². The summed E-state index contributed by atoms with van der Waals surface area (Å²) in [6.45, 7) is 9.78. The minimum atomic E-state index is -0.207. The largest absolute Gasteiger partial charge is 0.371 e. The van der Waals surface area contributed by atoms with Crippen LogP contribution in [0.2, 0.25) is 5.02 Å². The number of nitrogens with zero attached hydrogens (tertiary/aromatic N) is 3. The Hall–Kier alpha value is -1.95. The molecule has 2 saturated heterocycles. The Kier molecular flexibility index (Phi) is 7.64. The van der Waals surface area contributed by atoms with E-state index < -0.39 is 0 Å². The summed E-state index contributed by atoms with van der Waals surface area (Å²) < 4.78 is 0. The molecule has 0 aliphatic carbocycles. The van der Waals surface area contributed by atoms with Crippen molar-refractivity contribution in [2.24, 2.45) is 22.6 Å². The summed E-state index contributed by atoms with van der Waals surface area (Å²) in [4.78, 5) is 21.0. The zero-order valence-corrected chi connectivity index (χ0v) is 18.4. The van der Waals surface area contributed by atoms with Gasteiger partial charge < -0.3 is 20.9 Å². The van der Waals surface area contributed by atoms with E-state index in [1.807, 2.05) is 6.07 Å². The van der Waals surface area contributed by atoms with Crippen LogP contribution in [0.25, 0.3) is 0 Å². The molecule has 2 aliphatic rings. The van der Waals surface area contributed by atoms with Gasteiger partial charge in [0.1, 0.15) is 0 Å². The predicted octanol–water partition coefficient (Wildman–Crippen LogP) is 3.03. The minimum absolute atomic E-state index is 0.207. The monoisotopic (exact) mass is 419 g/mol. The van der Waals surface area contributed by atoms with Crippen LogP contribution in [0.5, 0.6) is 0 Å². The Morgan fingerprint density at radius 2 is 2.10 bits per heavy atom. The average molecular weight is 420 g/mol. The maximum Gasteiger partial charge on any atom is 0.217 e. The number of nitrogens with two attached hydrogens (primary N) is 1. The van der Waals surface area contributed by atoms with Crippen LogP contribution in [0.4, 0.5) is 5.69 Å². The quantitative estimate of drug-likeness (QED) is 0.549. The molecule has 3 N–H and O–H groups in total. The third-order valence-electron chi connectivity index (χ3n) is 5.94. The van der Waals surface area contributed by atoms with Gasteiger partial charge >= 0.3 is 0 Å². The van der Waals surface area contributed by atoms with Crippen molar-refractivity contribution >= 4 is 29.2 Å². The van der Waals surface area contributed by atoms with E-state index in [1.54, 1.807) is 0 Å². The van der Waals surface area contributed by atoms with Crippen LogP contribution in [-0.4, -0.2) is 56.0 Å². The molecule has 7 heteroatoms. The Morgan fingerprint density at radius 1 is 1.28 bits per heavy atom. The van der Waals surface area contributed by atoms with Gasteiger partial charge in [0.2, 0.25) is 5.91 Å². The maximum absolute atomic E-state index is 11.3. The highest BCUT2D eigenvalue weighted by molar-refractivity contribution is 6.30. The molecule has 0 saturated carbocycles. The molecule has 2 heterocycles. The molecular formula is C22H34ClN5O. The van der Waals surface area contributed by atoms with Crippen molar-refractivity contribution < 1.29 is 4.79 Å². The topological polar surface area (TPSA) is 74.0 Å². The summed E-state index contributed by atoms with van der Waals surface area (Å²) in [7, 11) is 0. The zero-order chi connectivity index (χ0) is 20.8. The molecule has 3 rings (SSSR count). The SMILES string of the molecule is CCNC(=NCC1CCN(c2cc(Cl)ccc2C)C1)N1CCCC(CC(N)=O)C1. The number of primary amides is 1. The number of carbonyl (C=O) groups excluding carboxylic acids is 1. The number of halogens is 1. The minimum Gasteiger partial charge on any atom is -0.371 e. The van der Waals surface area contributed by atoms with Crippen molar-refractivity contribution in [2.45, 2.75) is 39.5 Å². The third-order valence-corrected chi connectivity index (χ3v) is 6.18. The first-order valence-corrected chi connectivity index (χ1v) is 11.2. The lowest BCUT2D eigenvalue weighted by molar-refractivity contribution is -0.119. The Labute approximate surface area is 179 Å². The Balaban J connectivity index is 1.60. The summed E-state index contributed by atoms with van der Waals surface area (Å²) >= 11 is 6.21. The van der Waals surface area contributed by atoms with Crippen LogP contribution in [0, 0.1) is 18.8 Å². The number of piperidine rings is 1. The van der Waals surface area contributed by atoms with Gasteiger partial charge in [-0.1, -0.05) is 17.7 Å². The molecular weight excluding hydrogens is 386 g/mol. The van der Waals surface area contributed by atoms with Crippen LogP contribution in [0.1, 0.15) is 38.2 Å². The lowest BCUT2D eigenvalue weighted by Crippen LogP contribution is -2.47. The van der Waals surface area contributed by atoms with E-state index in [2.05, 4.69) is 41.1 Å². The smallest absolute Gasteiger partial charge is 0.217 e. The normalized spacial score (nSPS) is 22.8. The van der Waals surface area contributed by atoms with E-state index in [-0.39, 0.29) is 5.91 Å². The molecule has 2 atom stereocenters. The Morgan fingerprint density at radius 3 is 2.86 bits per heavy atom. The molecule has 1 aromatic rings. The van der Waals surface area contributed by atoms with Gasteiger partial charge in [-0.25, -0.2) is 0 Å². The number of hydrogen-bond donors (Lipinski definition) is 2. The summed E-state index contributed by atoms with van der Waals surface area (Å²) in [6, 6.07) is 6.11. The number of guanidine groups is 1. The fourth-order valence-corrected chi connectivity index (χ4v) is 4.64. The molecule has 0 spiro atoms. The van der Waals surface area contributed by atoms with Crippen LogP contribution in [-0.2, 0) is 4.79 Å². The number of aryl methyl sites for hydroxylation is 1. The highest BCUT2D eigenvalue weighted by atomic mass is 35.5. The van der Waals surface area contributed by atoms with Crippen molar-refractivity contribution in [1.29, 1.82) is 0 Å². The second-order valence-corrected chi connectivity index (χ2v) is 8.79. The number of rotatable bonds is 6. The molecule has 2 fully saturated rings. The molecule has 29 heavy (non-hydrogen) atoms. The van der Waals surface area contributed by atoms with E-state index in [4.69, 9.17) is 22.3 Å². The number of aliphatic imine (C=N–C) groups is 1. The van der Waals surface area contributed by atoms with E-state index in [0.29, 0.717) is 18.3 Å². The molecule has 6 nitrogen and oxygen atoms in total. The third kappa shape index (κ3) is 6.01. The molecule has 1 aromatic carbocycles. The van der Waals surface area contributed by atoms with Gasteiger partial charge in [0.15, 0.2) is 5.96 Å². The van der Waals surface area contributed by atoms with Gasteiger partial charge in [0.25, 0.3) is 0 Å². The molecule has 2 unspecified atom stereocenters. The van der Waals surface area contributed by atoms with Crippen LogP contribution in [0.3, 0.4) is 0 Å². The van der Waals surface area contributed by atoms with Gasteiger partial charge in [-0.05, 0) is 62.6 Å². The highest BCUT2D eigenvalue weighted by Crippen LogP contribution is 2.29. The average Bonchev–Trinajstić information content (AvgIpc) is 3.15. The van der Waals surface area contributed by atoms with E-state index >= 15 is 0 Å². The molecule has 0 bridgehead atoms. The molecule has 2 aliphatic heterocycles. The maximum atomic E-state index is 11.3. The van der Waals surface area contributed by atoms with Gasteiger partial charge in [-0.3, -0.25) is 9.79 Å². The summed E-state index contributed by atoms with van der Waals surface area (Å²) in [5, 5.41) is 4.23. The van der Waals surface area contributed by atoms with Gasteiger partial charge in [0, 0.05) is 56.4 Å². The second-order valence-electron chi connectivity index (χ2n) is 8.35. The van der Waals surface area contributed by atoms with Gasteiger partial charge in [0.05, 0.1) is 0 Å². The van der Waals surface area contributed by atoms with Gasteiger partial charge in [-0.15, -0.1) is 0 Å². The van der Waals surface area contributed by atoms with E-state index in [9.17, 15) is 4.79 Å². The fraction of sp³-hybridized carbons (Fsp3) is 0.636. The summed E-state index contributed by atoms with van der Waals surface area (Å²) in [5.74, 6) is 1.63. The van der Waals surface area contributed by atoms with Crippen molar-refractivity contribution in [3.63, 3.8) is 0 Å². The number of carbonyl (C=O) groups is 1. The first kappa shape index (κ1) is 21.8. The Bertz CT molecular complexity index is 738. The lowest BCUT2D eigenvalue weighted by atomic mass is 9.95. The number of amides is 1. The summed E-state index contributed by atoms with van der Waals surface area (Å²) in [6.07, 6.45) is 3.74. The van der Waals surface area contributed by atoms with Crippen molar-refractivity contribution in [3.8, 4) is 0 Å². The zero-order valence-electron chi connectivity index (χ0n) is 17.7. The molecule has 0 aromatic heterocycles. The first-order valence-electron chi connectivity index (χ1n) is 10.8. The van der Waals surface area contributed by atoms with Crippen LogP contribution >= 0.6 is 11.6 Å². The molecule has 0 radical (unpaired) electrons.